The van der Waals surface area contributed by atoms with Crippen molar-refractivity contribution in [1.82, 2.24) is 14.7 Å². The van der Waals surface area contributed by atoms with Crippen LogP contribution in [0.5, 0.6) is 0 Å². The first-order valence-corrected chi connectivity index (χ1v) is 10.4. The topological polar surface area (TPSA) is 38.8 Å². The Morgan fingerprint density at radius 3 is 2.41 bits per heavy atom. The summed E-state index contributed by atoms with van der Waals surface area (Å²) in [6.45, 7) is 12.4. The minimum atomic E-state index is 0.280. The van der Waals surface area contributed by atoms with Gasteiger partial charge in [-0.25, -0.2) is 0 Å². The normalized spacial score (nSPS) is 24.0. The van der Waals surface area contributed by atoms with Crippen LogP contribution in [0, 0.1) is 18.8 Å². The van der Waals surface area contributed by atoms with E-state index in [9.17, 15) is 4.79 Å². The molecule has 0 radical (unpaired) electrons. The first-order chi connectivity index (χ1) is 12.9. The van der Waals surface area contributed by atoms with Gasteiger partial charge in [0.15, 0.2) is 5.11 Å². The van der Waals surface area contributed by atoms with Crippen LogP contribution >= 0.6 is 12.2 Å². The van der Waals surface area contributed by atoms with Gasteiger partial charge in [0.1, 0.15) is 0 Å². The van der Waals surface area contributed by atoms with E-state index in [4.69, 9.17) is 12.2 Å². The van der Waals surface area contributed by atoms with Gasteiger partial charge >= 0.3 is 0 Å². The Morgan fingerprint density at radius 2 is 1.78 bits per heavy atom. The fourth-order valence-corrected chi connectivity index (χ4v) is 4.49. The number of piperazine rings is 1. The van der Waals surface area contributed by atoms with Gasteiger partial charge < -0.3 is 15.1 Å². The molecule has 0 aliphatic carbocycles. The Bertz CT molecular complexity index is 662. The first-order valence-electron chi connectivity index (χ1n) is 10.0. The Labute approximate surface area is 168 Å². The lowest BCUT2D eigenvalue weighted by Gasteiger charge is -2.39. The van der Waals surface area contributed by atoms with E-state index in [0.717, 1.165) is 50.1 Å². The van der Waals surface area contributed by atoms with Gasteiger partial charge in [0.25, 0.3) is 0 Å². The molecule has 27 heavy (non-hydrogen) atoms. The van der Waals surface area contributed by atoms with Crippen LogP contribution in [0.3, 0.4) is 0 Å². The summed E-state index contributed by atoms with van der Waals surface area (Å²) in [6, 6.07) is 8.25. The van der Waals surface area contributed by atoms with Crippen LogP contribution in [0.4, 0.5) is 5.69 Å². The van der Waals surface area contributed by atoms with Crippen molar-refractivity contribution in [1.29, 1.82) is 0 Å². The van der Waals surface area contributed by atoms with Gasteiger partial charge in [-0.1, -0.05) is 26.0 Å². The third-order valence-corrected chi connectivity index (χ3v) is 5.87. The monoisotopic (exact) mass is 388 g/mol. The molecule has 2 saturated heterocycles. The number of nitrogens with zero attached hydrogens (tertiary/aromatic N) is 3. The number of hydrogen-bond donors (Lipinski definition) is 1. The molecule has 1 N–H and O–H groups in total. The predicted molar refractivity (Wildman–Crippen MR) is 115 cm³/mol. The first kappa shape index (κ1) is 20.1. The predicted octanol–water partition coefficient (Wildman–Crippen LogP) is 2.81. The molecule has 2 atom stereocenters. The standard InChI is InChI=1S/C21H32N4OS/c1-16-5-4-6-19(12-16)22-21(27)24-9-7-23(8-10-24)15-20(26)25-13-17(2)11-18(3)14-25/h4-6,12,17-18H,7-11,13-15H2,1-3H3,(H,22,27)/t17-,18+. The highest BCUT2D eigenvalue weighted by atomic mass is 32.1. The van der Waals surface area contributed by atoms with Gasteiger partial charge in [0.05, 0.1) is 6.54 Å². The number of aryl methyl sites for hydroxylation is 1. The number of thiocarbonyl (C=S) groups is 1. The second kappa shape index (κ2) is 9.02. The van der Waals surface area contributed by atoms with Crippen molar-refractivity contribution in [2.75, 3.05) is 51.1 Å². The SMILES string of the molecule is Cc1cccc(NC(=S)N2CCN(CC(=O)N3C[C@H](C)C[C@H](C)C3)CC2)c1. The van der Waals surface area contributed by atoms with Gasteiger partial charge in [0.2, 0.25) is 5.91 Å². The third kappa shape index (κ3) is 5.66. The summed E-state index contributed by atoms with van der Waals surface area (Å²) in [5.74, 6) is 1.50. The van der Waals surface area contributed by atoms with E-state index in [2.05, 4.69) is 52.9 Å². The molecule has 0 spiro atoms. The zero-order chi connectivity index (χ0) is 19.4. The maximum Gasteiger partial charge on any atom is 0.236 e. The van der Waals surface area contributed by atoms with Gasteiger partial charge in [-0.05, 0) is 55.1 Å². The van der Waals surface area contributed by atoms with Gasteiger partial charge in [-0.15, -0.1) is 0 Å². The lowest BCUT2D eigenvalue weighted by Crippen LogP contribution is -2.53. The third-order valence-electron chi connectivity index (χ3n) is 5.51. The molecule has 6 heteroatoms. The quantitative estimate of drug-likeness (QED) is 0.806. The Balaban J connectivity index is 1.44. The number of carbonyl (C=O) groups excluding carboxylic acids is 1. The molecule has 2 aliphatic rings. The fraction of sp³-hybridized carbons (Fsp3) is 0.619. The minimum Gasteiger partial charge on any atom is -0.346 e. The summed E-state index contributed by atoms with van der Waals surface area (Å²) in [4.78, 5) is 19.2. The van der Waals surface area contributed by atoms with Crippen LogP contribution in [0.15, 0.2) is 24.3 Å². The molecule has 2 aliphatic heterocycles. The van der Waals surface area contributed by atoms with Crippen molar-refractivity contribution in [2.45, 2.75) is 27.2 Å². The number of amides is 1. The van der Waals surface area contributed by atoms with Crippen LogP contribution in [-0.4, -0.2) is 71.5 Å². The molecule has 1 aromatic carbocycles. The lowest BCUT2D eigenvalue weighted by molar-refractivity contribution is -0.135. The number of nitrogens with one attached hydrogen (secondary N) is 1. The van der Waals surface area contributed by atoms with E-state index in [1.54, 1.807) is 0 Å². The Morgan fingerprint density at radius 1 is 1.11 bits per heavy atom. The largest absolute Gasteiger partial charge is 0.346 e. The molecule has 0 unspecified atom stereocenters. The molecular formula is C21H32N4OS. The zero-order valence-electron chi connectivity index (χ0n) is 16.8. The summed E-state index contributed by atoms with van der Waals surface area (Å²) >= 11 is 5.58. The maximum absolute atomic E-state index is 12.7. The van der Waals surface area contributed by atoms with E-state index in [1.807, 2.05) is 12.1 Å². The molecule has 2 fully saturated rings. The van der Waals surface area contributed by atoms with E-state index >= 15 is 0 Å². The summed E-state index contributed by atoms with van der Waals surface area (Å²) < 4.78 is 0. The number of anilines is 1. The van der Waals surface area contributed by atoms with Crippen molar-refractivity contribution >= 4 is 28.9 Å². The van der Waals surface area contributed by atoms with Crippen LogP contribution in [0.25, 0.3) is 0 Å². The molecule has 148 valence electrons. The molecule has 5 nitrogen and oxygen atoms in total. The van der Waals surface area contributed by atoms with E-state index in [0.29, 0.717) is 18.4 Å². The highest BCUT2D eigenvalue weighted by molar-refractivity contribution is 7.80. The number of hydrogen-bond acceptors (Lipinski definition) is 3. The van der Waals surface area contributed by atoms with Crippen LogP contribution < -0.4 is 5.32 Å². The molecule has 1 aromatic rings. The molecule has 1 amide bonds. The molecule has 3 rings (SSSR count). The molecule has 0 aromatic heterocycles. The number of piperidine rings is 1. The molecular weight excluding hydrogens is 356 g/mol. The van der Waals surface area contributed by atoms with Crippen LogP contribution in [0.1, 0.15) is 25.8 Å². The lowest BCUT2D eigenvalue weighted by atomic mass is 9.92. The van der Waals surface area contributed by atoms with Crippen molar-refractivity contribution in [3.05, 3.63) is 29.8 Å². The number of likely N-dealkylation sites (tertiary alicyclic amines) is 1. The second-order valence-corrected chi connectivity index (χ2v) is 8.69. The smallest absolute Gasteiger partial charge is 0.236 e. The van der Waals surface area contributed by atoms with E-state index < -0.39 is 0 Å². The van der Waals surface area contributed by atoms with Gasteiger partial charge in [0, 0.05) is 45.0 Å². The Hall–Kier alpha value is -1.66. The average Bonchev–Trinajstić information content (AvgIpc) is 2.61. The van der Waals surface area contributed by atoms with Crippen LogP contribution in [-0.2, 0) is 4.79 Å². The van der Waals surface area contributed by atoms with Crippen molar-refractivity contribution in [3.63, 3.8) is 0 Å². The van der Waals surface area contributed by atoms with Gasteiger partial charge in [-0.3, -0.25) is 9.69 Å². The van der Waals surface area contributed by atoms with Crippen LogP contribution in [0.2, 0.25) is 0 Å². The zero-order valence-corrected chi connectivity index (χ0v) is 17.6. The van der Waals surface area contributed by atoms with Crippen molar-refractivity contribution in [2.24, 2.45) is 11.8 Å². The second-order valence-electron chi connectivity index (χ2n) is 8.31. The molecule has 0 saturated carbocycles. The van der Waals surface area contributed by atoms with E-state index in [1.165, 1.54) is 12.0 Å². The highest BCUT2D eigenvalue weighted by Gasteiger charge is 2.27. The number of carbonyl (C=O) groups is 1. The maximum atomic E-state index is 12.7. The summed E-state index contributed by atoms with van der Waals surface area (Å²) in [7, 11) is 0. The number of benzene rings is 1. The molecule has 0 bridgehead atoms. The summed E-state index contributed by atoms with van der Waals surface area (Å²) in [5.41, 5.74) is 2.25. The highest BCUT2D eigenvalue weighted by Crippen LogP contribution is 2.21. The van der Waals surface area contributed by atoms with Crippen molar-refractivity contribution in [3.8, 4) is 0 Å². The fourth-order valence-electron chi connectivity index (χ4n) is 4.19. The van der Waals surface area contributed by atoms with E-state index in [-0.39, 0.29) is 5.91 Å². The summed E-state index contributed by atoms with van der Waals surface area (Å²) in [6.07, 6.45) is 1.23. The van der Waals surface area contributed by atoms with Gasteiger partial charge in [-0.2, -0.15) is 0 Å². The Kier molecular flexibility index (Phi) is 6.71. The van der Waals surface area contributed by atoms with Crippen molar-refractivity contribution < 1.29 is 4.79 Å². The summed E-state index contributed by atoms with van der Waals surface area (Å²) in [5, 5.41) is 4.10. The average molecular weight is 389 g/mol. The number of rotatable bonds is 3. The minimum absolute atomic E-state index is 0.280. The molecule has 2 heterocycles.